The van der Waals surface area contributed by atoms with Crippen LogP contribution in [0.5, 0.6) is 0 Å². The predicted octanol–water partition coefficient (Wildman–Crippen LogP) is 1.29. The van der Waals surface area contributed by atoms with Crippen LogP contribution in [0.1, 0.15) is 11.4 Å². The number of carbonyl (C=O) groups excluding carboxylic acids is 1. The molecule has 1 aromatic heterocycles. The van der Waals surface area contributed by atoms with Crippen LogP contribution in [-0.2, 0) is 11.2 Å². The highest BCUT2D eigenvalue weighted by Crippen LogP contribution is 1.98. The average molecular weight is 229 g/mol. The van der Waals surface area contributed by atoms with Gasteiger partial charge in [-0.2, -0.15) is 10.2 Å². The number of aryl methyl sites for hydroxylation is 1. The van der Waals surface area contributed by atoms with Crippen LogP contribution in [-0.4, -0.2) is 21.3 Å². The zero-order valence-electron chi connectivity index (χ0n) is 6.75. The molecule has 1 aromatic rings. The van der Waals surface area contributed by atoms with E-state index in [2.05, 4.69) is 26.1 Å². The van der Waals surface area contributed by atoms with Gasteiger partial charge in [-0.05, 0) is 19.1 Å². The summed E-state index contributed by atoms with van der Waals surface area (Å²) < 4.78 is 0. The number of nitrogens with zero attached hydrogens (tertiary/aromatic N) is 2. The van der Waals surface area contributed by atoms with Gasteiger partial charge in [0, 0.05) is 0 Å². The topological polar surface area (TPSA) is 42.9 Å². The lowest BCUT2D eigenvalue weighted by Crippen LogP contribution is -2.06. The predicted molar refractivity (Wildman–Crippen MR) is 49.3 cm³/mol. The largest absolute Gasteiger partial charge is 0.298 e. The third kappa shape index (κ3) is 2.70. The summed E-state index contributed by atoms with van der Waals surface area (Å²) in [5, 5.41) is 8.10. The third-order valence-corrected chi connectivity index (χ3v) is 2.01. The second-order valence-electron chi connectivity index (χ2n) is 2.52. The molecule has 12 heavy (non-hydrogen) atoms. The average Bonchev–Trinajstić information content (AvgIpc) is 2.09. The smallest absolute Gasteiger partial charge is 0.149 e. The Balaban J connectivity index is 2.64. The first-order valence-electron chi connectivity index (χ1n) is 3.59. The molecule has 3 nitrogen and oxygen atoms in total. The molecule has 0 aliphatic heterocycles. The fraction of sp³-hybridized carbons (Fsp3) is 0.375. The minimum Gasteiger partial charge on any atom is -0.298 e. The number of Topliss-reactive ketones (excluding diaryl/α,β-unsaturated/α-hetero) is 1. The normalized spacial score (nSPS) is 9.83. The highest BCUT2D eigenvalue weighted by molar-refractivity contribution is 9.09. The molecule has 0 N–H and O–H groups in total. The van der Waals surface area contributed by atoms with Gasteiger partial charge in [0.1, 0.15) is 5.78 Å². The van der Waals surface area contributed by atoms with Crippen LogP contribution in [0.25, 0.3) is 0 Å². The Morgan fingerprint density at radius 1 is 1.50 bits per heavy atom. The van der Waals surface area contributed by atoms with Crippen molar-refractivity contribution >= 4 is 21.7 Å². The summed E-state index contributed by atoms with van der Waals surface area (Å²) in [6.07, 6.45) is 0.360. The number of carbonyl (C=O) groups is 1. The lowest BCUT2D eigenvalue weighted by molar-refractivity contribution is -0.115. The maximum absolute atomic E-state index is 11.0. The van der Waals surface area contributed by atoms with Crippen molar-refractivity contribution in [3.05, 3.63) is 23.5 Å². The fourth-order valence-electron chi connectivity index (χ4n) is 0.770. The molecule has 0 spiro atoms. The molecule has 1 heterocycles. The fourth-order valence-corrected chi connectivity index (χ4v) is 0.968. The first-order chi connectivity index (χ1) is 5.72. The Kier molecular flexibility index (Phi) is 3.34. The van der Waals surface area contributed by atoms with E-state index in [-0.39, 0.29) is 5.78 Å². The number of ketones is 1. The Morgan fingerprint density at radius 2 is 2.25 bits per heavy atom. The van der Waals surface area contributed by atoms with E-state index >= 15 is 0 Å². The Hall–Kier alpha value is -0.770. The van der Waals surface area contributed by atoms with Crippen molar-refractivity contribution in [1.29, 1.82) is 0 Å². The summed E-state index contributed by atoms with van der Waals surface area (Å²) in [5.74, 6) is 0.119. The van der Waals surface area contributed by atoms with Crippen molar-refractivity contribution in [2.24, 2.45) is 0 Å². The van der Waals surface area contributed by atoms with E-state index < -0.39 is 0 Å². The van der Waals surface area contributed by atoms with Crippen molar-refractivity contribution in [3.63, 3.8) is 0 Å². The van der Waals surface area contributed by atoms with Gasteiger partial charge in [-0.25, -0.2) is 0 Å². The first-order valence-corrected chi connectivity index (χ1v) is 4.71. The van der Waals surface area contributed by atoms with E-state index in [1.165, 1.54) is 0 Å². The monoisotopic (exact) mass is 228 g/mol. The van der Waals surface area contributed by atoms with Gasteiger partial charge < -0.3 is 0 Å². The summed E-state index contributed by atoms with van der Waals surface area (Å²) in [5.41, 5.74) is 1.59. The summed E-state index contributed by atoms with van der Waals surface area (Å²) in [4.78, 5) is 11.0. The highest BCUT2D eigenvalue weighted by Gasteiger charge is 2.02. The molecule has 0 saturated carbocycles. The van der Waals surface area contributed by atoms with Gasteiger partial charge in [-0.1, -0.05) is 15.9 Å². The molecule has 0 aliphatic carbocycles. The number of hydrogen-bond acceptors (Lipinski definition) is 3. The number of rotatable bonds is 3. The van der Waals surface area contributed by atoms with E-state index in [1.807, 2.05) is 19.1 Å². The van der Waals surface area contributed by atoms with Crippen molar-refractivity contribution in [1.82, 2.24) is 10.2 Å². The summed E-state index contributed by atoms with van der Waals surface area (Å²) in [6, 6.07) is 3.67. The third-order valence-electron chi connectivity index (χ3n) is 1.38. The van der Waals surface area contributed by atoms with E-state index in [0.29, 0.717) is 11.8 Å². The lowest BCUT2D eigenvalue weighted by Gasteiger charge is -1.96. The maximum Gasteiger partial charge on any atom is 0.149 e. The zero-order valence-corrected chi connectivity index (χ0v) is 8.34. The summed E-state index contributed by atoms with van der Waals surface area (Å²) in [6.45, 7) is 1.86. The standard InChI is InChI=1S/C8H9BrN2O/c1-6-2-3-7(11-10-6)4-8(12)5-9/h2-3H,4-5H2,1H3. The van der Waals surface area contributed by atoms with Crippen LogP contribution >= 0.6 is 15.9 Å². The number of hydrogen-bond donors (Lipinski definition) is 0. The van der Waals surface area contributed by atoms with Crippen molar-refractivity contribution in [2.75, 3.05) is 5.33 Å². The molecule has 0 unspecified atom stereocenters. The van der Waals surface area contributed by atoms with E-state index in [1.54, 1.807) is 0 Å². The van der Waals surface area contributed by atoms with Gasteiger partial charge >= 0.3 is 0 Å². The molecule has 0 aromatic carbocycles. The van der Waals surface area contributed by atoms with E-state index in [9.17, 15) is 4.79 Å². The Labute approximate surface area is 79.3 Å². The lowest BCUT2D eigenvalue weighted by atomic mass is 10.2. The molecule has 64 valence electrons. The first kappa shape index (κ1) is 9.32. The van der Waals surface area contributed by atoms with Gasteiger partial charge in [0.05, 0.1) is 23.1 Å². The van der Waals surface area contributed by atoms with Crippen molar-refractivity contribution in [3.8, 4) is 0 Å². The van der Waals surface area contributed by atoms with Crippen LogP contribution in [0.2, 0.25) is 0 Å². The second-order valence-corrected chi connectivity index (χ2v) is 3.08. The van der Waals surface area contributed by atoms with E-state index in [4.69, 9.17) is 0 Å². The number of alkyl halides is 1. The summed E-state index contributed by atoms with van der Waals surface area (Å²) in [7, 11) is 0. The van der Waals surface area contributed by atoms with Crippen LogP contribution in [0, 0.1) is 6.92 Å². The second kappa shape index (κ2) is 4.30. The molecular weight excluding hydrogens is 220 g/mol. The molecule has 4 heteroatoms. The van der Waals surface area contributed by atoms with Crippen molar-refractivity contribution in [2.45, 2.75) is 13.3 Å². The van der Waals surface area contributed by atoms with Gasteiger partial charge in [-0.3, -0.25) is 4.79 Å². The molecule has 0 saturated heterocycles. The Bertz CT molecular complexity index is 271. The Morgan fingerprint density at radius 3 is 2.75 bits per heavy atom. The van der Waals surface area contributed by atoms with Gasteiger partial charge in [0.15, 0.2) is 0 Å². The summed E-state index contributed by atoms with van der Waals surface area (Å²) >= 11 is 3.09. The molecule has 0 radical (unpaired) electrons. The number of aromatic nitrogens is 2. The molecule has 0 bridgehead atoms. The van der Waals surface area contributed by atoms with Gasteiger partial charge in [-0.15, -0.1) is 0 Å². The molecule has 1 rings (SSSR count). The number of halogens is 1. The van der Waals surface area contributed by atoms with Gasteiger partial charge in [0.2, 0.25) is 0 Å². The zero-order chi connectivity index (χ0) is 8.97. The minimum atomic E-state index is 0.119. The molecule has 0 fully saturated rings. The molecule has 0 aliphatic rings. The molecule has 0 atom stereocenters. The quantitative estimate of drug-likeness (QED) is 0.733. The SMILES string of the molecule is Cc1ccc(CC(=O)CBr)nn1. The van der Waals surface area contributed by atoms with Crippen LogP contribution < -0.4 is 0 Å². The van der Waals surface area contributed by atoms with Crippen molar-refractivity contribution < 1.29 is 4.79 Å². The minimum absolute atomic E-state index is 0.119. The highest BCUT2D eigenvalue weighted by atomic mass is 79.9. The van der Waals surface area contributed by atoms with Crippen LogP contribution in [0.4, 0.5) is 0 Å². The van der Waals surface area contributed by atoms with E-state index in [0.717, 1.165) is 11.4 Å². The molecular formula is C8H9BrN2O. The maximum atomic E-state index is 11.0. The van der Waals surface area contributed by atoms with Gasteiger partial charge in [0.25, 0.3) is 0 Å². The molecule has 0 amide bonds. The van der Waals surface area contributed by atoms with Crippen LogP contribution in [0.3, 0.4) is 0 Å². The van der Waals surface area contributed by atoms with Crippen LogP contribution in [0.15, 0.2) is 12.1 Å².